The molecule has 6 heteroatoms. The number of likely N-dealkylation sites (tertiary alicyclic amines) is 1. The molecule has 2 amide bonds. The van der Waals surface area contributed by atoms with Gasteiger partial charge in [-0.1, -0.05) is 17.3 Å². The fourth-order valence-corrected chi connectivity index (χ4v) is 3.16. The van der Waals surface area contributed by atoms with Gasteiger partial charge in [-0.2, -0.15) is 0 Å². The lowest BCUT2D eigenvalue weighted by Gasteiger charge is -2.27. The summed E-state index contributed by atoms with van der Waals surface area (Å²) in [4.78, 5) is 27.1. The van der Waals surface area contributed by atoms with Crippen LogP contribution in [0.2, 0.25) is 0 Å². The van der Waals surface area contributed by atoms with Crippen molar-refractivity contribution in [1.82, 2.24) is 10.1 Å². The highest BCUT2D eigenvalue weighted by molar-refractivity contribution is 6.04. The molecule has 3 rings (SSSR count). The molecule has 1 aromatic carbocycles. The molecule has 0 atom stereocenters. The minimum Gasteiger partial charge on any atom is -0.361 e. The maximum Gasteiger partial charge on any atom is 0.255 e. The van der Waals surface area contributed by atoms with E-state index in [0.717, 1.165) is 31.5 Å². The zero-order valence-corrected chi connectivity index (χ0v) is 14.7. The molecule has 1 aliphatic rings. The van der Waals surface area contributed by atoms with E-state index in [1.54, 1.807) is 19.1 Å². The molecule has 6 nitrogen and oxygen atoms in total. The Bertz CT molecular complexity index is 756. The van der Waals surface area contributed by atoms with Gasteiger partial charge in [0, 0.05) is 18.7 Å². The fourth-order valence-electron chi connectivity index (χ4n) is 3.16. The average molecular weight is 341 g/mol. The Balaban J connectivity index is 1.74. The van der Waals surface area contributed by atoms with Gasteiger partial charge in [0.15, 0.2) is 0 Å². The minimum atomic E-state index is -0.187. The number of amides is 2. The molecule has 0 saturated carbocycles. The third kappa shape index (κ3) is 3.90. The number of aromatic nitrogens is 1. The molecular weight excluding hydrogens is 318 g/mol. The lowest BCUT2D eigenvalue weighted by Crippen LogP contribution is -2.36. The van der Waals surface area contributed by atoms with Crippen LogP contribution < -0.4 is 5.32 Å². The number of nitrogens with one attached hydrogen (secondary N) is 1. The van der Waals surface area contributed by atoms with Gasteiger partial charge in [0.25, 0.3) is 5.91 Å². The van der Waals surface area contributed by atoms with Crippen molar-refractivity contribution in [1.29, 1.82) is 0 Å². The van der Waals surface area contributed by atoms with Crippen LogP contribution >= 0.6 is 0 Å². The Labute approximate surface area is 147 Å². The first-order valence-electron chi connectivity index (χ1n) is 8.66. The highest BCUT2D eigenvalue weighted by Crippen LogP contribution is 2.21. The lowest BCUT2D eigenvalue weighted by atomic mass is 10.1. The molecule has 0 spiro atoms. The monoisotopic (exact) mass is 341 g/mol. The van der Waals surface area contributed by atoms with Crippen molar-refractivity contribution in [3.63, 3.8) is 0 Å². The van der Waals surface area contributed by atoms with Gasteiger partial charge < -0.3 is 14.7 Å². The number of benzene rings is 1. The average Bonchev–Trinajstić information content (AvgIpc) is 2.94. The molecule has 1 N–H and O–H groups in total. The number of carbonyl (C=O) groups excluding carboxylic acids is 2. The van der Waals surface area contributed by atoms with E-state index in [4.69, 9.17) is 4.52 Å². The molecule has 2 aromatic rings. The van der Waals surface area contributed by atoms with E-state index in [2.05, 4.69) is 10.5 Å². The second-order valence-corrected chi connectivity index (χ2v) is 6.43. The molecule has 2 heterocycles. The Hall–Kier alpha value is -2.63. The van der Waals surface area contributed by atoms with Crippen LogP contribution in [0.1, 0.15) is 46.6 Å². The van der Waals surface area contributed by atoms with Crippen molar-refractivity contribution in [3.8, 4) is 0 Å². The molecule has 1 saturated heterocycles. The van der Waals surface area contributed by atoms with Gasteiger partial charge in [-0.05, 0) is 45.2 Å². The summed E-state index contributed by atoms with van der Waals surface area (Å²) in [6.07, 6.45) is 3.41. The zero-order chi connectivity index (χ0) is 17.8. The molecule has 0 radical (unpaired) electrons. The van der Waals surface area contributed by atoms with Crippen LogP contribution in [0.4, 0.5) is 5.69 Å². The van der Waals surface area contributed by atoms with Crippen molar-refractivity contribution in [3.05, 3.63) is 46.8 Å². The van der Waals surface area contributed by atoms with E-state index < -0.39 is 0 Å². The molecule has 0 unspecified atom stereocenters. The molecular formula is C19H23N3O3. The molecule has 0 aliphatic carbocycles. The van der Waals surface area contributed by atoms with Gasteiger partial charge in [-0.3, -0.25) is 9.59 Å². The van der Waals surface area contributed by atoms with Gasteiger partial charge in [0.2, 0.25) is 5.91 Å². The highest BCUT2D eigenvalue weighted by Gasteiger charge is 2.21. The number of carbonyl (C=O) groups is 2. The summed E-state index contributed by atoms with van der Waals surface area (Å²) in [6, 6.07) is 7.17. The summed E-state index contributed by atoms with van der Waals surface area (Å²) in [5, 5.41) is 6.73. The van der Waals surface area contributed by atoms with E-state index in [9.17, 15) is 9.59 Å². The smallest absolute Gasteiger partial charge is 0.255 e. The second-order valence-electron chi connectivity index (χ2n) is 6.43. The quantitative estimate of drug-likeness (QED) is 0.927. The number of aryl methyl sites for hydroxylation is 2. The van der Waals surface area contributed by atoms with E-state index in [-0.39, 0.29) is 18.2 Å². The van der Waals surface area contributed by atoms with Crippen molar-refractivity contribution < 1.29 is 14.1 Å². The van der Waals surface area contributed by atoms with E-state index >= 15 is 0 Å². The van der Waals surface area contributed by atoms with Crippen LogP contribution in [0.5, 0.6) is 0 Å². The summed E-state index contributed by atoms with van der Waals surface area (Å²) >= 11 is 0. The number of nitrogens with zero attached hydrogens (tertiary/aromatic N) is 2. The third-order valence-electron chi connectivity index (χ3n) is 4.59. The molecule has 25 heavy (non-hydrogen) atoms. The van der Waals surface area contributed by atoms with E-state index in [1.165, 1.54) is 6.42 Å². The van der Waals surface area contributed by atoms with Crippen molar-refractivity contribution >= 4 is 17.5 Å². The van der Waals surface area contributed by atoms with Crippen LogP contribution in [-0.2, 0) is 11.2 Å². The normalized spacial score (nSPS) is 14.4. The van der Waals surface area contributed by atoms with Gasteiger partial charge >= 0.3 is 0 Å². The Kier molecular flexibility index (Phi) is 5.16. The predicted octanol–water partition coefficient (Wildman–Crippen LogP) is 3.10. The maximum atomic E-state index is 12.8. The SMILES string of the molecule is Cc1noc(C)c1CC(=O)Nc1ccccc1C(=O)N1CCCCC1. The lowest BCUT2D eigenvalue weighted by molar-refractivity contribution is -0.115. The summed E-state index contributed by atoms with van der Waals surface area (Å²) in [5.74, 6) is 0.437. The highest BCUT2D eigenvalue weighted by atomic mass is 16.5. The Morgan fingerprint density at radius 2 is 1.88 bits per heavy atom. The third-order valence-corrected chi connectivity index (χ3v) is 4.59. The standard InChI is InChI=1S/C19H23N3O3/c1-13-16(14(2)25-21-13)12-18(23)20-17-9-5-4-8-15(17)19(24)22-10-6-3-7-11-22/h4-5,8-9H,3,6-7,10-12H2,1-2H3,(H,20,23). The van der Waals surface area contributed by atoms with Crippen molar-refractivity contribution in [2.45, 2.75) is 39.5 Å². The second kappa shape index (κ2) is 7.51. The van der Waals surface area contributed by atoms with Crippen LogP contribution in [0.3, 0.4) is 0 Å². The number of anilines is 1. The molecule has 132 valence electrons. The topological polar surface area (TPSA) is 75.4 Å². The van der Waals surface area contributed by atoms with Crippen LogP contribution in [0.25, 0.3) is 0 Å². The van der Waals surface area contributed by atoms with Gasteiger partial charge in [0.05, 0.1) is 23.4 Å². The predicted molar refractivity (Wildman–Crippen MR) is 94.5 cm³/mol. The van der Waals surface area contributed by atoms with E-state index in [1.807, 2.05) is 24.0 Å². The summed E-state index contributed by atoms with van der Waals surface area (Å²) in [7, 11) is 0. The van der Waals surface area contributed by atoms with Gasteiger partial charge in [-0.15, -0.1) is 0 Å². The summed E-state index contributed by atoms with van der Waals surface area (Å²) < 4.78 is 5.10. The first-order valence-corrected chi connectivity index (χ1v) is 8.66. The van der Waals surface area contributed by atoms with E-state index in [0.29, 0.717) is 22.7 Å². The Morgan fingerprint density at radius 1 is 1.16 bits per heavy atom. The largest absolute Gasteiger partial charge is 0.361 e. The van der Waals surface area contributed by atoms with Crippen molar-refractivity contribution in [2.75, 3.05) is 18.4 Å². The first-order chi connectivity index (χ1) is 12.1. The summed E-state index contributed by atoms with van der Waals surface area (Å²) in [6.45, 7) is 5.16. The van der Waals surface area contributed by atoms with Crippen LogP contribution in [-0.4, -0.2) is 35.0 Å². The number of hydrogen-bond donors (Lipinski definition) is 1. The number of hydrogen-bond acceptors (Lipinski definition) is 4. The molecule has 1 fully saturated rings. The first kappa shape index (κ1) is 17.2. The number of piperidine rings is 1. The zero-order valence-electron chi connectivity index (χ0n) is 14.7. The molecule has 1 aliphatic heterocycles. The number of para-hydroxylation sites is 1. The maximum absolute atomic E-state index is 12.8. The Morgan fingerprint density at radius 3 is 2.56 bits per heavy atom. The fraction of sp³-hybridized carbons (Fsp3) is 0.421. The minimum absolute atomic E-state index is 0.0204. The van der Waals surface area contributed by atoms with Gasteiger partial charge in [-0.25, -0.2) is 0 Å². The molecule has 1 aromatic heterocycles. The van der Waals surface area contributed by atoms with Crippen molar-refractivity contribution in [2.24, 2.45) is 0 Å². The van der Waals surface area contributed by atoms with Crippen LogP contribution in [0.15, 0.2) is 28.8 Å². The van der Waals surface area contributed by atoms with Crippen LogP contribution in [0, 0.1) is 13.8 Å². The van der Waals surface area contributed by atoms with Gasteiger partial charge in [0.1, 0.15) is 5.76 Å². The number of rotatable bonds is 4. The summed E-state index contributed by atoms with van der Waals surface area (Å²) in [5.41, 5.74) is 2.59. The molecule has 0 bridgehead atoms.